The number of nitrogens with zero attached hydrogens (tertiary/aromatic N) is 1. The lowest BCUT2D eigenvalue weighted by atomic mass is 10.2. The lowest BCUT2D eigenvalue weighted by molar-refractivity contribution is -0.137. The third kappa shape index (κ3) is 5.24. The van der Waals surface area contributed by atoms with Gasteiger partial charge < -0.3 is 10.4 Å². The van der Waals surface area contributed by atoms with Gasteiger partial charge in [-0.25, -0.2) is 0 Å². The third-order valence-corrected chi connectivity index (χ3v) is 2.94. The van der Waals surface area contributed by atoms with E-state index in [1.54, 1.807) is 30.0 Å². The molecular formula is C15H20N2O3. The molecule has 0 bridgehead atoms. The SMILES string of the molecule is C=CCN(CCC(=O)O)C(C)C(=O)Nc1ccccc1. The van der Waals surface area contributed by atoms with Gasteiger partial charge in [0.1, 0.15) is 0 Å². The number of hydrogen-bond donors (Lipinski definition) is 2. The standard InChI is InChI=1S/C15H20N2O3/c1-3-10-17(11-9-14(18)19)12(2)15(20)16-13-7-5-4-6-8-13/h3-8,12H,1,9-11H2,2H3,(H,16,20)(H,18,19). The van der Waals surface area contributed by atoms with Gasteiger partial charge in [-0.1, -0.05) is 24.3 Å². The first kappa shape index (κ1) is 15.9. The highest BCUT2D eigenvalue weighted by atomic mass is 16.4. The molecule has 20 heavy (non-hydrogen) atoms. The summed E-state index contributed by atoms with van der Waals surface area (Å²) in [5, 5.41) is 11.5. The van der Waals surface area contributed by atoms with Crippen molar-refractivity contribution in [2.75, 3.05) is 18.4 Å². The smallest absolute Gasteiger partial charge is 0.304 e. The van der Waals surface area contributed by atoms with E-state index in [1.165, 1.54) is 0 Å². The second kappa shape index (κ2) is 8.12. The largest absolute Gasteiger partial charge is 0.481 e. The zero-order chi connectivity index (χ0) is 15.0. The first-order chi connectivity index (χ1) is 9.54. The van der Waals surface area contributed by atoms with Gasteiger partial charge in [0.15, 0.2) is 0 Å². The molecule has 0 fully saturated rings. The molecule has 5 nitrogen and oxygen atoms in total. The van der Waals surface area contributed by atoms with E-state index in [1.807, 2.05) is 18.2 Å². The van der Waals surface area contributed by atoms with Gasteiger partial charge in [-0.05, 0) is 19.1 Å². The van der Waals surface area contributed by atoms with Crippen LogP contribution in [0.5, 0.6) is 0 Å². The zero-order valence-electron chi connectivity index (χ0n) is 11.6. The predicted octanol–water partition coefficient (Wildman–Crippen LogP) is 1.98. The van der Waals surface area contributed by atoms with Crippen LogP contribution in [0.25, 0.3) is 0 Å². The van der Waals surface area contributed by atoms with E-state index in [0.29, 0.717) is 13.1 Å². The lowest BCUT2D eigenvalue weighted by Gasteiger charge is -2.26. The molecule has 1 atom stereocenters. The van der Waals surface area contributed by atoms with Gasteiger partial charge in [-0.15, -0.1) is 6.58 Å². The van der Waals surface area contributed by atoms with Gasteiger partial charge in [-0.2, -0.15) is 0 Å². The molecule has 2 N–H and O–H groups in total. The molecule has 0 radical (unpaired) electrons. The Hall–Kier alpha value is -2.14. The maximum Gasteiger partial charge on any atom is 0.304 e. The van der Waals surface area contributed by atoms with Crippen LogP contribution < -0.4 is 5.32 Å². The van der Waals surface area contributed by atoms with E-state index >= 15 is 0 Å². The Balaban J connectivity index is 2.63. The summed E-state index contributed by atoms with van der Waals surface area (Å²) >= 11 is 0. The maximum absolute atomic E-state index is 12.1. The van der Waals surface area contributed by atoms with E-state index in [2.05, 4.69) is 11.9 Å². The molecule has 0 saturated carbocycles. The minimum Gasteiger partial charge on any atom is -0.481 e. The number of anilines is 1. The van der Waals surface area contributed by atoms with Crippen molar-refractivity contribution >= 4 is 17.6 Å². The number of carboxylic acids is 1. The summed E-state index contributed by atoms with van der Waals surface area (Å²) in [6, 6.07) is 8.74. The van der Waals surface area contributed by atoms with Gasteiger partial charge in [0.25, 0.3) is 0 Å². The Bertz CT molecular complexity index is 459. The number of rotatable bonds is 8. The fraction of sp³-hybridized carbons (Fsp3) is 0.333. The zero-order valence-corrected chi connectivity index (χ0v) is 11.6. The van der Waals surface area contributed by atoms with Crippen LogP contribution in [0.3, 0.4) is 0 Å². The number of carboxylic acid groups (broad SMARTS) is 1. The number of hydrogen-bond acceptors (Lipinski definition) is 3. The van der Waals surface area contributed by atoms with E-state index in [-0.39, 0.29) is 12.3 Å². The molecule has 0 spiro atoms. The molecule has 0 aromatic heterocycles. The number of benzene rings is 1. The van der Waals surface area contributed by atoms with E-state index in [4.69, 9.17) is 5.11 Å². The maximum atomic E-state index is 12.1. The summed E-state index contributed by atoms with van der Waals surface area (Å²) in [7, 11) is 0. The summed E-state index contributed by atoms with van der Waals surface area (Å²) in [4.78, 5) is 24.6. The number of carbonyl (C=O) groups excluding carboxylic acids is 1. The molecule has 1 unspecified atom stereocenters. The molecule has 1 aromatic rings. The van der Waals surface area contributed by atoms with Crippen molar-refractivity contribution in [3.63, 3.8) is 0 Å². The molecule has 0 aliphatic carbocycles. The average molecular weight is 276 g/mol. The summed E-state index contributed by atoms with van der Waals surface area (Å²) in [6.45, 7) is 6.17. The highest BCUT2D eigenvalue weighted by molar-refractivity contribution is 5.94. The highest BCUT2D eigenvalue weighted by Crippen LogP contribution is 2.08. The van der Waals surface area contributed by atoms with Gasteiger partial charge in [0, 0.05) is 18.8 Å². The summed E-state index contributed by atoms with van der Waals surface area (Å²) in [5.74, 6) is -1.04. The highest BCUT2D eigenvalue weighted by Gasteiger charge is 2.20. The van der Waals surface area contributed by atoms with Crippen LogP contribution >= 0.6 is 0 Å². The quantitative estimate of drug-likeness (QED) is 0.712. The van der Waals surface area contributed by atoms with Crippen LogP contribution in [0.2, 0.25) is 0 Å². The normalized spacial score (nSPS) is 11.9. The predicted molar refractivity (Wildman–Crippen MR) is 78.6 cm³/mol. The molecule has 0 aliphatic heterocycles. The number of aliphatic carboxylic acids is 1. The summed E-state index contributed by atoms with van der Waals surface area (Å²) in [5.41, 5.74) is 0.723. The van der Waals surface area contributed by atoms with Gasteiger partial charge in [0.05, 0.1) is 12.5 Å². The van der Waals surface area contributed by atoms with Crippen molar-refractivity contribution in [2.24, 2.45) is 0 Å². The van der Waals surface area contributed by atoms with Crippen molar-refractivity contribution < 1.29 is 14.7 Å². The van der Waals surface area contributed by atoms with E-state index in [0.717, 1.165) is 5.69 Å². The first-order valence-corrected chi connectivity index (χ1v) is 6.47. The molecule has 0 heterocycles. The second-order valence-electron chi connectivity index (χ2n) is 4.46. The Morgan fingerprint density at radius 1 is 1.40 bits per heavy atom. The van der Waals surface area contributed by atoms with Crippen LogP contribution in [0.1, 0.15) is 13.3 Å². The second-order valence-corrected chi connectivity index (χ2v) is 4.46. The van der Waals surface area contributed by atoms with E-state index < -0.39 is 12.0 Å². The monoisotopic (exact) mass is 276 g/mol. The average Bonchev–Trinajstić information content (AvgIpc) is 2.43. The molecule has 1 aromatic carbocycles. The Morgan fingerprint density at radius 3 is 2.60 bits per heavy atom. The van der Waals surface area contributed by atoms with Crippen molar-refractivity contribution in [1.29, 1.82) is 0 Å². The van der Waals surface area contributed by atoms with Crippen molar-refractivity contribution in [3.8, 4) is 0 Å². The summed E-state index contributed by atoms with van der Waals surface area (Å²) < 4.78 is 0. The topological polar surface area (TPSA) is 69.6 Å². The number of para-hydroxylation sites is 1. The fourth-order valence-electron chi connectivity index (χ4n) is 1.78. The number of nitrogens with one attached hydrogen (secondary N) is 1. The van der Waals surface area contributed by atoms with Crippen LogP contribution in [-0.2, 0) is 9.59 Å². The molecular weight excluding hydrogens is 256 g/mol. The minimum atomic E-state index is -0.880. The molecule has 108 valence electrons. The third-order valence-electron chi connectivity index (χ3n) is 2.94. The Labute approximate surface area is 118 Å². The van der Waals surface area contributed by atoms with Crippen molar-refractivity contribution in [3.05, 3.63) is 43.0 Å². The fourth-order valence-corrected chi connectivity index (χ4v) is 1.78. The Morgan fingerprint density at radius 2 is 2.05 bits per heavy atom. The number of amides is 1. The molecule has 5 heteroatoms. The molecule has 0 aliphatic rings. The van der Waals surface area contributed by atoms with Crippen LogP contribution in [0, 0.1) is 0 Å². The van der Waals surface area contributed by atoms with E-state index in [9.17, 15) is 9.59 Å². The minimum absolute atomic E-state index is 0.00318. The molecule has 0 saturated heterocycles. The van der Waals surface area contributed by atoms with Gasteiger partial charge in [-0.3, -0.25) is 14.5 Å². The van der Waals surface area contributed by atoms with Crippen LogP contribution in [0.4, 0.5) is 5.69 Å². The van der Waals surface area contributed by atoms with Crippen LogP contribution in [0.15, 0.2) is 43.0 Å². The lowest BCUT2D eigenvalue weighted by Crippen LogP contribution is -2.43. The summed E-state index contributed by atoms with van der Waals surface area (Å²) in [6.07, 6.45) is 1.66. The van der Waals surface area contributed by atoms with Gasteiger partial charge in [0.2, 0.25) is 5.91 Å². The van der Waals surface area contributed by atoms with Crippen molar-refractivity contribution in [1.82, 2.24) is 4.90 Å². The van der Waals surface area contributed by atoms with Crippen molar-refractivity contribution in [2.45, 2.75) is 19.4 Å². The van der Waals surface area contributed by atoms with Gasteiger partial charge >= 0.3 is 5.97 Å². The molecule has 1 rings (SSSR count). The van der Waals surface area contributed by atoms with Crippen LogP contribution in [-0.4, -0.2) is 41.0 Å². The molecule has 1 amide bonds. The first-order valence-electron chi connectivity index (χ1n) is 6.47. The number of carbonyl (C=O) groups is 2. The Kier molecular flexibility index (Phi) is 6.46.